The quantitative estimate of drug-likeness (QED) is 0.504. The number of nitrogens with one attached hydrogen (secondary N) is 2. The molecule has 1 heterocycles. The lowest BCUT2D eigenvalue weighted by molar-refractivity contribution is 0.0949. The summed E-state index contributed by atoms with van der Waals surface area (Å²) in [5.41, 5.74) is 5.36. The van der Waals surface area contributed by atoms with E-state index in [1.54, 1.807) is 12.1 Å². The maximum atomic E-state index is 12.2. The van der Waals surface area contributed by atoms with Crippen LogP contribution in [0.5, 0.6) is 5.75 Å². The van der Waals surface area contributed by atoms with E-state index in [2.05, 4.69) is 52.6 Å². The van der Waals surface area contributed by atoms with Gasteiger partial charge in [0.15, 0.2) is 5.69 Å². The van der Waals surface area contributed by atoms with Crippen molar-refractivity contribution in [2.24, 2.45) is 5.10 Å². The van der Waals surface area contributed by atoms with E-state index in [1.807, 2.05) is 0 Å². The van der Waals surface area contributed by atoms with Crippen LogP contribution in [0.3, 0.4) is 0 Å². The fourth-order valence-electron chi connectivity index (χ4n) is 2.57. The lowest BCUT2D eigenvalue weighted by atomic mass is 9.96. The second-order valence-electron chi connectivity index (χ2n) is 5.26. The second kappa shape index (κ2) is 6.84. The Bertz CT molecular complexity index is 786. The molecule has 2 aromatic rings. The number of hydrogen-bond donors (Lipinski definition) is 3. The highest BCUT2D eigenvalue weighted by molar-refractivity contribution is 9.11. The molecule has 0 saturated heterocycles. The van der Waals surface area contributed by atoms with Gasteiger partial charge in [0, 0.05) is 21.3 Å². The number of aromatic nitrogens is 2. The minimum atomic E-state index is -0.353. The number of nitrogens with zero attached hydrogens (tertiary/aromatic N) is 2. The highest BCUT2D eigenvalue weighted by Crippen LogP contribution is 2.30. The summed E-state index contributed by atoms with van der Waals surface area (Å²) in [7, 11) is 0. The van der Waals surface area contributed by atoms with Gasteiger partial charge in [0.25, 0.3) is 5.91 Å². The average molecular weight is 442 g/mol. The van der Waals surface area contributed by atoms with E-state index in [-0.39, 0.29) is 11.7 Å². The number of amides is 1. The number of aromatic amines is 1. The van der Waals surface area contributed by atoms with Gasteiger partial charge in [0.2, 0.25) is 0 Å². The van der Waals surface area contributed by atoms with Gasteiger partial charge in [-0.2, -0.15) is 10.2 Å². The molecule has 1 aliphatic carbocycles. The van der Waals surface area contributed by atoms with Gasteiger partial charge in [-0.3, -0.25) is 9.89 Å². The third-order valence-electron chi connectivity index (χ3n) is 3.70. The van der Waals surface area contributed by atoms with Crippen LogP contribution in [0.15, 0.2) is 26.2 Å². The normalized spacial score (nSPS) is 14.0. The summed E-state index contributed by atoms with van der Waals surface area (Å²) in [4.78, 5) is 12.2. The molecule has 1 aliphatic rings. The Hall–Kier alpha value is -1.67. The topological polar surface area (TPSA) is 90.4 Å². The lowest BCUT2D eigenvalue weighted by Crippen LogP contribution is -2.20. The standard InChI is InChI=1S/C15H14Br2N4O2/c16-9-5-8(14(22)11(17)6-9)7-18-21-15(23)13-10-3-1-2-4-12(10)19-20-13/h5-7,22H,1-4H2,(H,19,20)(H,21,23)/b18-7+. The van der Waals surface area contributed by atoms with Gasteiger partial charge in [-0.1, -0.05) is 15.9 Å². The van der Waals surface area contributed by atoms with Crippen molar-refractivity contribution in [3.05, 3.63) is 43.6 Å². The van der Waals surface area contributed by atoms with E-state index in [9.17, 15) is 9.90 Å². The van der Waals surface area contributed by atoms with Gasteiger partial charge in [0.1, 0.15) is 5.75 Å². The Kier molecular flexibility index (Phi) is 4.82. The molecule has 0 fully saturated rings. The average Bonchev–Trinajstić information content (AvgIpc) is 2.96. The Morgan fingerprint density at radius 1 is 1.35 bits per heavy atom. The molecule has 0 unspecified atom stereocenters. The molecule has 1 amide bonds. The van der Waals surface area contributed by atoms with Crippen LogP contribution in [-0.4, -0.2) is 27.4 Å². The molecule has 120 valence electrons. The van der Waals surface area contributed by atoms with Crippen molar-refractivity contribution < 1.29 is 9.90 Å². The van der Waals surface area contributed by atoms with E-state index in [0.29, 0.717) is 15.7 Å². The van der Waals surface area contributed by atoms with E-state index >= 15 is 0 Å². The molecule has 0 aliphatic heterocycles. The van der Waals surface area contributed by atoms with Crippen molar-refractivity contribution in [2.75, 3.05) is 0 Å². The number of carbonyl (C=O) groups is 1. The number of rotatable bonds is 3. The lowest BCUT2D eigenvalue weighted by Gasteiger charge is -2.10. The summed E-state index contributed by atoms with van der Waals surface area (Å²) in [5, 5.41) is 20.9. The number of phenols is 1. The minimum absolute atomic E-state index is 0.0587. The van der Waals surface area contributed by atoms with Crippen molar-refractivity contribution in [3.63, 3.8) is 0 Å². The molecule has 23 heavy (non-hydrogen) atoms. The number of benzene rings is 1. The molecule has 3 rings (SSSR count). The SMILES string of the molecule is O=C(N/N=C/c1cc(Br)cc(Br)c1O)c1n[nH]c2c1CCCC2. The minimum Gasteiger partial charge on any atom is -0.506 e. The van der Waals surface area contributed by atoms with Gasteiger partial charge in [-0.05, 0) is 53.7 Å². The van der Waals surface area contributed by atoms with Crippen LogP contribution < -0.4 is 5.43 Å². The molecule has 0 atom stereocenters. The van der Waals surface area contributed by atoms with Gasteiger partial charge in [0.05, 0.1) is 10.7 Å². The predicted molar refractivity (Wildman–Crippen MR) is 93.8 cm³/mol. The van der Waals surface area contributed by atoms with Crippen molar-refractivity contribution in [1.29, 1.82) is 0 Å². The van der Waals surface area contributed by atoms with Gasteiger partial charge in [-0.25, -0.2) is 5.43 Å². The Morgan fingerprint density at radius 3 is 2.96 bits per heavy atom. The molecule has 3 N–H and O–H groups in total. The van der Waals surface area contributed by atoms with Crippen molar-refractivity contribution >= 4 is 44.0 Å². The number of carbonyl (C=O) groups excluding carboxylic acids is 1. The zero-order valence-electron chi connectivity index (χ0n) is 12.1. The largest absolute Gasteiger partial charge is 0.506 e. The zero-order valence-corrected chi connectivity index (χ0v) is 15.2. The van der Waals surface area contributed by atoms with E-state index < -0.39 is 0 Å². The van der Waals surface area contributed by atoms with Crippen LogP contribution in [0.4, 0.5) is 0 Å². The molecular weight excluding hydrogens is 428 g/mol. The van der Waals surface area contributed by atoms with Crippen molar-refractivity contribution in [3.8, 4) is 5.75 Å². The number of hydrazone groups is 1. The molecular formula is C15H14Br2N4O2. The van der Waals surface area contributed by atoms with E-state index in [0.717, 1.165) is 41.4 Å². The third-order valence-corrected chi connectivity index (χ3v) is 4.76. The monoisotopic (exact) mass is 440 g/mol. The first-order valence-corrected chi connectivity index (χ1v) is 8.72. The molecule has 0 bridgehead atoms. The third kappa shape index (κ3) is 3.48. The smallest absolute Gasteiger partial charge is 0.292 e. The van der Waals surface area contributed by atoms with Crippen LogP contribution in [-0.2, 0) is 12.8 Å². The highest BCUT2D eigenvalue weighted by atomic mass is 79.9. The molecule has 6 nitrogen and oxygen atoms in total. The summed E-state index contributed by atoms with van der Waals surface area (Å²) >= 11 is 6.58. The number of aryl methyl sites for hydroxylation is 1. The van der Waals surface area contributed by atoms with Crippen LogP contribution in [0.1, 0.15) is 40.2 Å². The summed E-state index contributed by atoms with van der Waals surface area (Å²) in [6.45, 7) is 0. The van der Waals surface area contributed by atoms with Crippen LogP contribution >= 0.6 is 31.9 Å². The Labute approximate surface area is 149 Å². The molecule has 0 saturated carbocycles. The first-order valence-electron chi connectivity index (χ1n) is 7.14. The number of fused-ring (bicyclic) bond motifs is 1. The number of phenolic OH excluding ortho intramolecular Hbond substituents is 1. The molecule has 1 aromatic heterocycles. The van der Waals surface area contributed by atoms with Crippen LogP contribution in [0.25, 0.3) is 0 Å². The number of hydrogen-bond acceptors (Lipinski definition) is 4. The maximum Gasteiger partial charge on any atom is 0.292 e. The predicted octanol–water partition coefficient (Wildman–Crippen LogP) is 3.28. The molecule has 0 spiro atoms. The number of halogens is 2. The fourth-order valence-corrected chi connectivity index (χ4v) is 3.82. The fraction of sp³-hybridized carbons (Fsp3) is 0.267. The second-order valence-corrected chi connectivity index (χ2v) is 7.03. The first-order chi connectivity index (χ1) is 11.1. The zero-order chi connectivity index (χ0) is 16.4. The van der Waals surface area contributed by atoms with Gasteiger partial charge >= 0.3 is 0 Å². The molecule has 0 radical (unpaired) electrons. The van der Waals surface area contributed by atoms with Gasteiger partial charge < -0.3 is 5.11 Å². The molecule has 1 aromatic carbocycles. The van der Waals surface area contributed by atoms with Crippen molar-refractivity contribution in [2.45, 2.75) is 25.7 Å². The summed E-state index contributed by atoms with van der Waals surface area (Å²) in [5.74, 6) is -0.294. The first kappa shape index (κ1) is 16.2. The highest BCUT2D eigenvalue weighted by Gasteiger charge is 2.21. The summed E-state index contributed by atoms with van der Waals surface area (Å²) < 4.78 is 1.33. The Balaban J connectivity index is 1.73. The molecule has 8 heteroatoms. The van der Waals surface area contributed by atoms with Crippen LogP contribution in [0.2, 0.25) is 0 Å². The summed E-state index contributed by atoms with van der Waals surface area (Å²) in [6.07, 6.45) is 5.36. The van der Waals surface area contributed by atoms with Crippen molar-refractivity contribution in [1.82, 2.24) is 15.6 Å². The number of aromatic hydroxyl groups is 1. The summed E-state index contributed by atoms with van der Waals surface area (Å²) in [6, 6.07) is 3.42. The number of H-pyrrole nitrogens is 1. The Morgan fingerprint density at radius 2 is 2.13 bits per heavy atom. The van der Waals surface area contributed by atoms with Gasteiger partial charge in [-0.15, -0.1) is 0 Å². The maximum absolute atomic E-state index is 12.2. The van der Waals surface area contributed by atoms with Crippen LogP contribution in [0, 0.1) is 0 Å². The van der Waals surface area contributed by atoms with E-state index in [4.69, 9.17) is 0 Å². The van der Waals surface area contributed by atoms with E-state index in [1.165, 1.54) is 6.21 Å².